The lowest BCUT2D eigenvalue weighted by Crippen LogP contribution is -2.16. The number of rotatable bonds is 7. The molecule has 3 aromatic rings. The largest absolute Gasteiger partial charge is 0.490 e. The summed E-state index contributed by atoms with van der Waals surface area (Å²) in [5, 5.41) is 0.740. The molecule has 0 bridgehead atoms. The van der Waals surface area contributed by atoms with Gasteiger partial charge in [0.15, 0.2) is 0 Å². The number of benzene rings is 1. The second-order valence-electron chi connectivity index (χ2n) is 7.29. The van der Waals surface area contributed by atoms with Crippen LogP contribution in [0, 0.1) is 6.92 Å². The van der Waals surface area contributed by atoms with Crippen LogP contribution in [0.4, 0.5) is 0 Å². The molecule has 0 saturated heterocycles. The number of nitrogens with zero attached hydrogens (tertiary/aromatic N) is 1. The fourth-order valence-electron chi connectivity index (χ4n) is 3.64. The van der Waals surface area contributed by atoms with Gasteiger partial charge in [0, 0.05) is 11.3 Å². The molecule has 152 valence electrons. The highest BCUT2D eigenvalue weighted by Gasteiger charge is 2.19. The maximum atomic E-state index is 12.5. The summed E-state index contributed by atoms with van der Waals surface area (Å²) in [5.74, 6) is 0.967. The zero-order valence-corrected chi connectivity index (χ0v) is 17.3. The van der Waals surface area contributed by atoms with Gasteiger partial charge in [0.1, 0.15) is 29.6 Å². The van der Waals surface area contributed by atoms with Crippen LogP contribution in [0.1, 0.15) is 41.1 Å². The minimum atomic E-state index is -0.328. The smallest absolute Gasteiger partial charge is 0.306 e. The van der Waals surface area contributed by atoms with Gasteiger partial charge in [0.05, 0.1) is 11.8 Å². The van der Waals surface area contributed by atoms with Gasteiger partial charge in [-0.1, -0.05) is 12.1 Å². The quantitative estimate of drug-likeness (QED) is 0.472. The van der Waals surface area contributed by atoms with Gasteiger partial charge in [-0.3, -0.25) is 9.59 Å². The predicted octanol–water partition coefficient (Wildman–Crippen LogP) is 3.73. The summed E-state index contributed by atoms with van der Waals surface area (Å²) in [7, 11) is 0. The Bertz CT molecular complexity index is 1090. The molecule has 7 heteroatoms. The lowest BCUT2D eigenvalue weighted by atomic mass is 9.97. The third-order valence-corrected chi connectivity index (χ3v) is 6.23. The first-order chi connectivity index (χ1) is 14.1. The number of aryl methyl sites for hydroxylation is 4. The van der Waals surface area contributed by atoms with E-state index in [2.05, 4.69) is 9.97 Å². The Morgan fingerprint density at radius 3 is 2.97 bits per heavy atom. The van der Waals surface area contributed by atoms with E-state index in [1.807, 2.05) is 31.2 Å². The summed E-state index contributed by atoms with van der Waals surface area (Å²) in [6.07, 6.45) is 4.80. The number of aromatic nitrogens is 2. The van der Waals surface area contributed by atoms with Gasteiger partial charge in [-0.2, -0.15) is 0 Å². The summed E-state index contributed by atoms with van der Waals surface area (Å²) in [4.78, 5) is 34.0. The number of carbonyl (C=O) groups is 1. The summed E-state index contributed by atoms with van der Waals surface area (Å²) >= 11 is 1.61. The van der Waals surface area contributed by atoms with E-state index >= 15 is 0 Å². The zero-order chi connectivity index (χ0) is 20.2. The molecule has 0 radical (unpaired) electrons. The molecule has 2 heterocycles. The molecule has 0 unspecified atom stereocenters. The van der Waals surface area contributed by atoms with Gasteiger partial charge in [-0.05, 0) is 55.9 Å². The molecule has 1 aliphatic rings. The van der Waals surface area contributed by atoms with Crippen molar-refractivity contribution >= 4 is 27.5 Å². The highest BCUT2D eigenvalue weighted by atomic mass is 32.1. The molecule has 1 aromatic carbocycles. The van der Waals surface area contributed by atoms with Crippen LogP contribution in [0.25, 0.3) is 10.2 Å². The number of H-pyrrole nitrogens is 1. The fraction of sp³-hybridized carbons (Fsp3) is 0.409. The number of fused-ring (bicyclic) bond motifs is 3. The number of thiophene rings is 1. The summed E-state index contributed by atoms with van der Waals surface area (Å²) in [6, 6.07) is 7.72. The van der Waals surface area contributed by atoms with Crippen LogP contribution in [0.3, 0.4) is 0 Å². The number of hydrogen-bond acceptors (Lipinski definition) is 6. The number of carbonyl (C=O) groups excluding carboxylic acids is 1. The minimum absolute atomic E-state index is 0.0932. The lowest BCUT2D eigenvalue weighted by molar-refractivity contribution is -0.144. The summed E-state index contributed by atoms with van der Waals surface area (Å²) in [5.41, 5.74) is 2.19. The van der Waals surface area contributed by atoms with Crippen LogP contribution < -0.4 is 10.3 Å². The predicted molar refractivity (Wildman–Crippen MR) is 113 cm³/mol. The summed E-state index contributed by atoms with van der Waals surface area (Å²) in [6.45, 7) is 2.48. The van der Waals surface area contributed by atoms with Crippen molar-refractivity contribution in [3.63, 3.8) is 0 Å². The Kier molecular flexibility index (Phi) is 5.94. The van der Waals surface area contributed by atoms with Crippen molar-refractivity contribution in [2.45, 2.75) is 45.4 Å². The van der Waals surface area contributed by atoms with Crippen LogP contribution in [0.2, 0.25) is 0 Å². The lowest BCUT2D eigenvalue weighted by Gasteiger charge is -2.09. The van der Waals surface area contributed by atoms with Gasteiger partial charge >= 0.3 is 5.97 Å². The molecule has 0 aliphatic heterocycles. The Balaban J connectivity index is 1.29. The Morgan fingerprint density at radius 1 is 1.24 bits per heavy atom. The van der Waals surface area contributed by atoms with Gasteiger partial charge in [-0.25, -0.2) is 4.98 Å². The molecule has 0 atom stereocenters. The van der Waals surface area contributed by atoms with Crippen LogP contribution >= 0.6 is 11.3 Å². The number of hydrogen-bond donors (Lipinski definition) is 1. The molecule has 0 fully saturated rings. The molecule has 1 N–H and O–H groups in total. The maximum Gasteiger partial charge on any atom is 0.306 e. The Hall–Kier alpha value is -2.67. The third kappa shape index (κ3) is 4.67. The molecule has 1 aliphatic carbocycles. The zero-order valence-electron chi connectivity index (χ0n) is 16.5. The van der Waals surface area contributed by atoms with E-state index in [9.17, 15) is 9.59 Å². The van der Waals surface area contributed by atoms with Gasteiger partial charge in [0.2, 0.25) is 0 Å². The van der Waals surface area contributed by atoms with E-state index in [4.69, 9.17) is 9.47 Å². The molecule has 2 aromatic heterocycles. The minimum Gasteiger partial charge on any atom is -0.490 e. The Labute approximate surface area is 172 Å². The van der Waals surface area contributed by atoms with Gasteiger partial charge < -0.3 is 14.5 Å². The molecule has 0 spiro atoms. The highest BCUT2D eigenvalue weighted by molar-refractivity contribution is 7.18. The number of nitrogens with one attached hydrogen (secondary N) is 1. The Morgan fingerprint density at radius 2 is 2.10 bits per heavy atom. The van der Waals surface area contributed by atoms with E-state index in [0.717, 1.165) is 40.8 Å². The standard InChI is InChI=1S/C22H24N2O4S/c1-14-5-4-6-15(13-14)27-11-12-28-19(25)10-9-18-23-21(26)20-16-7-2-3-8-17(16)29-22(20)24-18/h4-6,13H,2-3,7-12H2,1H3,(H,23,24,26). The first kappa shape index (κ1) is 19.6. The first-order valence-electron chi connectivity index (χ1n) is 9.98. The molecule has 6 nitrogen and oxygen atoms in total. The van der Waals surface area contributed by atoms with Gasteiger partial charge in [0.25, 0.3) is 5.56 Å². The number of ether oxygens (including phenoxy) is 2. The molecular weight excluding hydrogens is 388 g/mol. The van der Waals surface area contributed by atoms with Crippen LogP contribution in [0.5, 0.6) is 5.75 Å². The monoisotopic (exact) mass is 412 g/mol. The molecule has 0 saturated carbocycles. The van der Waals surface area contributed by atoms with Crippen molar-refractivity contribution in [3.05, 3.63) is 56.4 Å². The van der Waals surface area contributed by atoms with E-state index < -0.39 is 0 Å². The maximum absolute atomic E-state index is 12.5. The average molecular weight is 413 g/mol. The number of esters is 1. The van der Waals surface area contributed by atoms with Crippen molar-refractivity contribution in [1.82, 2.24) is 9.97 Å². The normalized spacial score (nSPS) is 13.3. The topological polar surface area (TPSA) is 81.3 Å². The van der Waals surface area contributed by atoms with Crippen molar-refractivity contribution < 1.29 is 14.3 Å². The molecule has 0 amide bonds. The molecular formula is C22H24N2O4S. The third-order valence-electron chi connectivity index (χ3n) is 5.04. The van der Waals surface area contributed by atoms with E-state index in [1.54, 1.807) is 11.3 Å². The average Bonchev–Trinajstić information content (AvgIpc) is 3.08. The first-order valence-corrected chi connectivity index (χ1v) is 10.8. The molecule has 4 rings (SSSR count). The van der Waals surface area contributed by atoms with Crippen LogP contribution in [0.15, 0.2) is 29.1 Å². The van der Waals surface area contributed by atoms with Crippen molar-refractivity contribution in [3.8, 4) is 5.75 Å². The van der Waals surface area contributed by atoms with Crippen LogP contribution in [-0.4, -0.2) is 29.2 Å². The second kappa shape index (κ2) is 8.78. The van der Waals surface area contributed by atoms with Gasteiger partial charge in [-0.15, -0.1) is 11.3 Å². The molecule has 29 heavy (non-hydrogen) atoms. The van der Waals surface area contributed by atoms with Crippen molar-refractivity contribution in [2.24, 2.45) is 0 Å². The second-order valence-corrected chi connectivity index (χ2v) is 8.37. The fourth-order valence-corrected chi connectivity index (χ4v) is 4.92. The van der Waals surface area contributed by atoms with Crippen LogP contribution in [-0.2, 0) is 28.8 Å². The van der Waals surface area contributed by atoms with Crippen molar-refractivity contribution in [1.29, 1.82) is 0 Å². The van der Waals surface area contributed by atoms with Crippen molar-refractivity contribution in [2.75, 3.05) is 13.2 Å². The van der Waals surface area contributed by atoms with E-state index in [-0.39, 0.29) is 24.6 Å². The van der Waals surface area contributed by atoms with E-state index in [1.165, 1.54) is 16.9 Å². The SMILES string of the molecule is Cc1cccc(OCCOC(=O)CCc2nc3sc4c(c3c(=O)[nH]2)CCCC4)c1. The highest BCUT2D eigenvalue weighted by Crippen LogP contribution is 2.33. The summed E-state index contributed by atoms with van der Waals surface area (Å²) < 4.78 is 10.8. The van der Waals surface area contributed by atoms with E-state index in [0.29, 0.717) is 18.9 Å². The number of aromatic amines is 1.